The van der Waals surface area contributed by atoms with Crippen LogP contribution in [-0.4, -0.2) is 38.9 Å². The number of aromatic nitrogens is 2. The van der Waals surface area contributed by atoms with Gasteiger partial charge in [0.2, 0.25) is 5.95 Å². The number of ether oxygens (including phenoxy) is 2. The number of hydrogen-bond donors (Lipinski definition) is 2. The van der Waals surface area contributed by atoms with Crippen LogP contribution in [0.4, 0.5) is 17.5 Å². The average molecular weight is 465 g/mol. The summed E-state index contributed by atoms with van der Waals surface area (Å²) in [5.74, 6) is 2.34. The SMILES string of the molecule is COc1ccc(Nc2nc(NCc3ccc(S(C)(=O)=O)cc3)nc3ccccc23)cc1OC. The van der Waals surface area contributed by atoms with Gasteiger partial charge in [-0.05, 0) is 42.0 Å². The van der Waals surface area contributed by atoms with E-state index in [2.05, 4.69) is 20.6 Å². The second kappa shape index (κ2) is 9.33. The number of rotatable bonds is 8. The highest BCUT2D eigenvalue weighted by Gasteiger charge is 2.11. The van der Waals surface area contributed by atoms with E-state index in [4.69, 9.17) is 9.47 Å². The molecule has 2 N–H and O–H groups in total. The molecule has 0 saturated carbocycles. The van der Waals surface area contributed by atoms with E-state index in [-0.39, 0.29) is 4.90 Å². The Hall–Kier alpha value is -3.85. The van der Waals surface area contributed by atoms with E-state index >= 15 is 0 Å². The normalized spacial score (nSPS) is 11.2. The van der Waals surface area contributed by atoms with E-state index in [0.717, 1.165) is 22.2 Å². The Morgan fingerprint density at radius 1 is 0.879 bits per heavy atom. The molecule has 0 aliphatic carbocycles. The van der Waals surface area contributed by atoms with Crippen molar-refractivity contribution in [2.75, 3.05) is 31.1 Å². The van der Waals surface area contributed by atoms with Gasteiger partial charge in [-0.15, -0.1) is 0 Å². The van der Waals surface area contributed by atoms with Crippen LogP contribution in [0.3, 0.4) is 0 Å². The van der Waals surface area contributed by atoms with Crippen molar-refractivity contribution < 1.29 is 17.9 Å². The summed E-state index contributed by atoms with van der Waals surface area (Å²) in [6.07, 6.45) is 1.19. The Labute approximate surface area is 192 Å². The summed E-state index contributed by atoms with van der Waals surface area (Å²) < 4.78 is 34.0. The van der Waals surface area contributed by atoms with Crippen molar-refractivity contribution in [2.45, 2.75) is 11.4 Å². The molecule has 0 aliphatic rings. The maximum atomic E-state index is 11.7. The number of fused-ring (bicyclic) bond motifs is 1. The van der Waals surface area contributed by atoms with E-state index in [1.807, 2.05) is 42.5 Å². The van der Waals surface area contributed by atoms with E-state index in [0.29, 0.717) is 29.8 Å². The Balaban J connectivity index is 1.60. The third-order valence-electron chi connectivity index (χ3n) is 5.05. The molecule has 3 aromatic carbocycles. The topological polar surface area (TPSA) is 102 Å². The fourth-order valence-corrected chi connectivity index (χ4v) is 3.97. The highest BCUT2D eigenvalue weighted by atomic mass is 32.2. The summed E-state index contributed by atoms with van der Waals surface area (Å²) in [6, 6.07) is 20.0. The summed E-state index contributed by atoms with van der Waals surface area (Å²) in [5.41, 5.74) is 2.48. The molecule has 170 valence electrons. The Bertz CT molecular complexity index is 1390. The van der Waals surface area contributed by atoms with Crippen LogP contribution in [0.15, 0.2) is 71.6 Å². The fourth-order valence-electron chi connectivity index (χ4n) is 3.34. The number of sulfone groups is 1. The molecule has 1 heterocycles. The van der Waals surface area contributed by atoms with Crippen LogP contribution < -0.4 is 20.1 Å². The van der Waals surface area contributed by atoms with Gasteiger partial charge >= 0.3 is 0 Å². The number of nitrogens with zero attached hydrogens (tertiary/aromatic N) is 2. The summed E-state index contributed by atoms with van der Waals surface area (Å²) >= 11 is 0. The Morgan fingerprint density at radius 2 is 1.61 bits per heavy atom. The molecule has 0 bridgehead atoms. The summed E-state index contributed by atoms with van der Waals surface area (Å²) in [7, 11) is -0.0438. The van der Waals surface area contributed by atoms with Crippen LogP contribution in [0.5, 0.6) is 11.5 Å². The fraction of sp³-hybridized carbons (Fsp3) is 0.167. The van der Waals surface area contributed by atoms with Gasteiger partial charge in [0.05, 0.1) is 24.6 Å². The molecule has 0 unspecified atom stereocenters. The van der Waals surface area contributed by atoms with Crippen LogP contribution in [-0.2, 0) is 16.4 Å². The van der Waals surface area contributed by atoms with E-state index in [1.54, 1.807) is 38.5 Å². The van der Waals surface area contributed by atoms with Gasteiger partial charge in [-0.25, -0.2) is 13.4 Å². The highest BCUT2D eigenvalue weighted by molar-refractivity contribution is 7.90. The molecule has 4 aromatic rings. The average Bonchev–Trinajstić information content (AvgIpc) is 2.82. The molecular weight excluding hydrogens is 440 g/mol. The van der Waals surface area contributed by atoms with E-state index < -0.39 is 9.84 Å². The first kappa shape index (κ1) is 22.3. The summed E-state index contributed by atoms with van der Waals surface area (Å²) in [6.45, 7) is 0.443. The first-order chi connectivity index (χ1) is 15.9. The lowest BCUT2D eigenvalue weighted by Gasteiger charge is -2.14. The number of para-hydroxylation sites is 1. The number of anilines is 3. The smallest absolute Gasteiger partial charge is 0.225 e. The molecule has 0 radical (unpaired) electrons. The number of nitrogens with one attached hydrogen (secondary N) is 2. The van der Waals surface area contributed by atoms with Gasteiger partial charge in [-0.1, -0.05) is 24.3 Å². The standard InChI is InChI=1S/C24H24N4O4S/c1-31-21-13-10-17(14-22(21)32-2)26-23-19-6-4-5-7-20(19)27-24(28-23)25-15-16-8-11-18(12-9-16)33(3,29)30/h4-14H,15H2,1-3H3,(H2,25,26,27,28). The van der Waals surface area contributed by atoms with Crippen molar-refractivity contribution in [2.24, 2.45) is 0 Å². The monoisotopic (exact) mass is 464 g/mol. The van der Waals surface area contributed by atoms with Crippen molar-refractivity contribution in [3.8, 4) is 11.5 Å². The molecule has 0 spiro atoms. The Kier molecular flexibility index (Phi) is 6.32. The van der Waals surface area contributed by atoms with Gasteiger partial charge < -0.3 is 20.1 Å². The van der Waals surface area contributed by atoms with E-state index in [1.165, 1.54) is 6.26 Å². The molecule has 1 aromatic heterocycles. The molecule has 33 heavy (non-hydrogen) atoms. The largest absolute Gasteiger partial charge is 0.493 e. The highest BCUT2D eigenvalue weighted by Crippen LogP contribution is 2.32. The molecule has 0 amide bonds. The van der Waals surface area contributed by atoms with Gasteiger partial charge in [0, 0.05) is 29.9 Å². The van der Waals surface area contributed by atoms with Crippen molar-refractivity contribution in [3.05, 3.63) is 72.3 Å². The van der Waals surface area contributed by atoms with Crippen molar-refractivity contribution in [3.63, 3.8) is 0 Å². The lowest BCUT2D eigenvalue weighted by Crippen LogP contribution is -2.06. The lowest BCUT2D eigenvalue weighted by atomic mass is 10.2. The summed E-state index contributed by atoms with van der Waals surface area (Å²) in [4.78, 5) is 9.56. The van der Waals surface area contributed by atoms with Gasteiger partial charge in [0.1, 0.15) is 5.82 Å². The first-order valence-electron chi connectivity index (χ1n) is 10.2. The Morgan fingerprint density at radius 3 is 2.30 bits per heavy atom. The summed E-state index contributed by atoms with van der Waals surface area (Å²) in [5, 5.41) is 7.43. The van der Waals surface area contributed by atoms with Crippen molar-refractivity contribution in [1.29, 1.82) is 0 Å². The molecule has 0 atom stereocenters. The zero-order valence-electron chi connectivity index (χ0n) is 18.5. The molecule has 0 aliphatic heterocycles. The number of hydrogen-bond acceptors (Lipinski definition) is 8. The molecular formula is C24H24N4O4S. The number of benzene rings is 3. The molecule has 9 heteroatoms. The minimum absolute atomic E-state index is 0.287. The number of methoxy groups -OCH3 is 2. The minimum atomic E-state index is -3.23. The zero-order valence-corrected chi connectivity index (χ0v) is 19.3. The van der Waals surface area contributed by atoms with Gasteiger partial charge in [-0.2, -0.15) is 4.98 Å². The molecule has 4 rings (SSSR count). The third-order valence-corrected chi connectivity index (χ3v) is 6.18. The second-order valence-electron chi connectivity index (χ2n) is 7.38. The van der Waals surface area contributed by atoms with E-state index in [9.17, 15) is 8.42 Å². The van der Waals surface area contributed by atoms with Crippen molar-refractivity contribution >= 4 is 38.2 Å². The van der Waals surface area contributed by atoms with Gasteiger partial charge in [0.25, 0.3) is 0 Å². The third kappa shape index (κ3) is 5.15. The predicted octanol–water partition coefficient (Wildman–Crippen LogP) is 4.41. The van der Waals surface area contributed by atoms with Crippen LogP contribution in [0.2, 0.25) is 0 Å². The van der Waals surface area contributed by atoms with Gasteiger partial charge in [-0.3, -0.25) is 0 Å². The van der Waals surface area contributed by atoms with Crippen LogP contribution in [0, 0.1) is 0 Å². The quantitative estimate of drug-likeness (QED) is 0.395. The van der Waals surface area contributed by atoms with Crippen LogP contribution >= 0.6 is 0 Å². The minimum Gasteiger partial charge on any atom is -0.493 e. The lowest BCUT2D eigenvalue weighted by molar-refractivity contribution is 0.355. The molecule has 0 fully saturated rings. The first-order valence-corrected chi connectivity index (χ1v) is 12.1. The predicted molar refractivity (Wildman–Crippen MR) is 129 cm³/mol. The maximum absolute atomic E-state index is 11.7. The van der Waals surface area contributed by atoms with Crippen LogP contribution in [0.25, 0.3) is 10.9 Å². The van der Waals surface area contributed by atoms with Crippen molar-refractivity contribution in [1.82, 2.24) is 9.97 Å². The second-order valence-corrected chi connectivity index (χ2v) is 9.39. The van der Waals surface area contributed by atoms with Gasteiger partial charge in [0.15, 0.2) is 21.3 Å². The molecule has 0 saturated heterocycles. The molecule has 8 nitrogen and oxygen atoms in total. The maximum Gasteiger partial charge on any atom is 0.225 e. The zero-order chi connectivity index (χ0) is 23.4. The van der Waals surface area contributed by atoms with Crippen LogP contribution in [0.1, 0.15) is 5.56 Å².